The van der Waals surface area contributed by atoms with Crippen LogP contribution in [0.5, 0.6) is 5.75 Å². The highest BCUT2D eigenvalue weighted by atomic mass is 79.9. The molecule has 0 bridgehead atoms. The van der Waals surface area contributed by atoms with Crippen LogP contribution in [0.3, 0.4) is 0 Å². The fourth-order valence-corrected chi connectivity index (χ4v) is 4.16. The molecule has 0 fully saturated rings. The predicted molar refractivity (Wildman–Crippen MR) is 108 cm³/mol. The number of ether oxygens (including phenoxy) is 1. The summed E-state index contributed by atoms with van der Waals surface area (Å²) >= 11 is 3.46. The first kappa shape index (κ1) is 18.0. The van der Waals surface area contributed by atoms with Crippen LogP contribution in [-0.4, -0.2) is 20.2 Å². The summed E-state index contributed by atoms with van der Waals surface area (Å²) < 4.78 is 36.7. The molecule has 1 aliphatic heterocycles. The smallest absolute Gasteiger partial charge is 0.358 e. The Labute approximate surface area is 165 Å². The van der Waals surface area contributed by atoms with E-state index in [1.807, 2.05) is 44.2 Å². The Balaban J connectivity index is 1.76. The number of oxime groups is 1. The third-order valence-electron chi connectivity index (χ3n) is 4.43. The molecular weight excluding hydrogens is 430 g/mol. The molecular formula is C20H16BrNO4S. The van der Waals surface area contributed by atoms with Crippen molar-refractivity contribution in [2.75, 3.05) is 0 Å². The SMILES string of the molecule is Cc1ccc(S(=O)(=O)O/N=C2/c3c(ccc4cc(Br)ccc34)OC2C)cc1. The van der Waals surface area contributed by atoms with E-state index in [9.17, 15) is 8.42 Å². The lowest BCUT2D eigenvalue weighted by molar-refractivity contribution is 0.291. The third kappa shape index (κ3) is 3.33. The topological polar surface area (TPSA) is 65.0 Å². The lowest BCUT2D eigenvalue weighted by atomic mass is 10.00. The molecule has 4 rings (SSSR count). The van der Waals surface area contributed by atoms with Crippen LogP contribution in [0.2, 0.25) is 0 Å². The molecule has 0 aliphatic carbocycles. The molecule has 5 nitrogen and oxygen atoms in total. The summed E-state index contributed by atoms with van der Waals surface area (Å²) in [5, 5.41) is 5.90. The average molecular weight is 446 g/mol. The Morgan fingerprint density at radius 1 is 1.07 bits per heavy atom. The molecule has 3 aromatic carbocycles. The highest BCUT2D eigenvalue weighted by molar-refractivity contribution is 9.10. The van der Waals surface area contributed by atoms with E-state index in [4.69, 9.17) is 9.02 Å². The second-order valence-electron chi connectivity index (χ2n) is 6.38. The minimum absolute atomic E-state index is 0.0612. The largest absolute Gasteiger partial charge is 0.484 e. The second-order valence-corrected chi connectivity index (χ2v) is 8.83. The fourth-order valence-electron chi connectivity index (χ4n) is 3.05. The van der Waals surface area contributed by atoms with Gasteiger partial charge in [0, 0.05) is 4.47 Å². The number of hydrogen-bond donors (Lipinski definition) is 0. The number of halogens is 1. The number of nitrogens with zero attached hydrogens (tertiary/aromatic N) is 1. The van der Waals surface area contributed by atoms with Crippen molar-refractivity contribution >= 4 is 42.5 Å². The number of aryl methyl sites for hydroxylation is 1. The Morgan fingerprint density at radius 3 is 2.56 bits per heavy atom. The molecule has 27 heavy (non-hydrogen) atoms. The van der Waals surface area contributed by atoms with Crippen LogP contribution in [0, 0.1) is 6.92 Å². The van der Waals surface area contributed by atoms with Gasteiger partial charge in [0.05, 0.1) is 5.56 Å². The number of fused-ring (bicyclic) bond motifs is 3. The lowest BCUT2D eigenvalue weighted by Gasteiger charge is -2.06. The normalized spacial score (nSPS) is 17.7. The molecule has 0 radical (unpaired) electrons. The van der Waals surface area contributed by atoms with Gasteiger partial charge in [-0.05, 0) is 55.0 Å². The van der Waals surface area contributed by atoms with Gasteiger partial charge in [0.1, 0.15) is 22.5 Å². The van der Waals surface area contributed by atoms with E-state index in [1.165, 1.54) is 12.1 Å². The molecule has 0 amide bonds. The fraction of sp³-hybridized carbons (Fsp3) is 0.150. The Bertz CT molecular complexity index is 1170. The maximum Gasteiger partial charge on any atom is 0.358 e. The third-order valence-corrected chi connectivity index (χ3v) is 6.05. The first-order chi connectivity index (χ1) is 12.8. The summed E-state index contributed by atoms with van der Waals surface area (Å²) in [5.41, 5.74) is 2.17. The standard InChI is InChI=1S/C20H16BrNO4S/c1-12-3-7-16(8-4-12)27(23,24)26-22-20-13(2)25-18-10-5-14-11-15(21)6-9-17(14)19(18)20/h3-11,13H,1-2H3/b22-20+. The molecule has 0 saturated heterocycles. The summed E-state index contributed by atoms with van der Waals surface area (Å²) in [6, 6.07) is 16.1. The maximum atomic E-state index is 12.5. The van der Waals surface area contributed by atoms with Crippen molar-refractivity contribution in [2.45, 2.75) is 24.8 Å². The summed E-state index contributed by atoms with van der Waals surface area (Å²) in [6.45, 7) is 3.70. The zero-order valence-electron chi connectivity index (χ0n) is 14.6. The van der Waals surface area contributed by atoms with Crippen molar-refractivity contribution in [3.63, 3.8) is 0 Å². The first-order valence-electron chi connectivity index (χ1n) is 8.33. The summed E-state index contributed by atoms with van der Waals surface area (Å²) in [6.07, 6.45) is -0.414. The Morgan fingerprint density at radius 2 is 1.81 bits per heavy atom. The van der Waals surface area contributed by atoms with E-state index in [1.54, 1.807) is 12.1 Å². The highest BCUT2D eigenvalue weighted by Crippen LogP contribution is 2.36. The predicted octanol–water partition coefficient (Wildman–Crippen LogP) is 4.80. The summed E-state index contributed by atoms with van der Waals surface area (Å²) in [7, 11) is -4.00. The van der Waals surface area contributed by atoms with Crippen molar-refractivity contribution in [2.24, 2.45) is 5.16 Å². The molecule has 1 heterocycles. The van der Waals surface area contributed by atoms with Crippen LogP contribution in [0.4, 0.5) is 0 Å². The highest BCUT2D eigenvalue weighted by Gasteiger charge is 2.30. The minimum Gasteiger partial charge on any atom is -0.484 e. The number of benzene rings is 3. The van der Waals surface area contributed by atoms with Crippen molar-refractivity contribution in [1.29, 1.82) is 0 Å². The van der Waals surface area contributed by atoms with Gasteiger partial charge >= 0.3 is 10.1 Å². The molecule has 1 unspecified atom stereocenters. The molecule has 1 aliphatic rings. The lowest BCUT2D eigenvalue weighted by Crippen LogP contribution is -2.18. The van der Waals surface area contributed by atoms with Gasteiger partial charge in [-0.25, -0.2) is 0 Å². The quantitative estimate of drug-likeness (QED) is 0.543. The first-order valence-corrected chi connectivity index (χ1v) is 10.5. The van der Waals surface area contributed by atoms with E-state index in [0.717, 1.165) is 26.4 Å². The molecule has 0 N–H and O–H groups in total. The van der Waals surface area contributed by atoms with E-state index in [2.05, 4.69) is 21.1 Å². The van der Waals surface area contributed by atoms with Gasteiger partial charge in [0.15, 0.2) is 0 Å². The van der Waals surface area contributed by atoms with Crippen molar-refractivity contribution in [3.8, 4) is 5.75 Å². The van der Waals surface area contributed by atoms with Crippen LogP contribution >= 0.6 is 15.9 Å². The van der Waals surface area contributed by atoms with Crippen LogP contribution < -0.4 is 4.74 Å². The minimum atomic E-state index is -4.00. The van der Waals surface area contributed by atoms with Gasteiger partial charge in [-0.2, -0.15) is 8.42 Å². The van der Waals surface area contributed by atoms with Crippen LogP contribution in [0.15, 0.2) is 69.1 Å². The molecule has 0 spiro atoms. The van der Waals surface area contributed by atoms with Crippen molar-refractivity contribution in [3.05, 3.63) is 70.2 Å². The van der Waals surface area contributed by atoms with Crippen LogP contribution in [0.25, 0.3) is 10.8 Å². The van der Waals surface area contributed by atoms with Gasteiger partial charge in [0.2, 0.25) is 0 Å². The van der Waals surface area contributed by atoms with E-state index < -0.39 is 16.2 Å². The number of rotatable bonds is 3. The summed E-state index contributed by atoms with van der Waals surface area (Å²) in [5.74, 6) is 0.660. The van der Waals surface area contributed by atoms with Gasteiger partial charge in [-0.15, -0.1) is 0 Å². The molecule has 7 heteroatoms. The molecule has 0 aromatic heterocycles. The average Bonchev–Trinajstić information content (AvgIpc) is 2.95. The van der Waals surface area contributed by atoms with E-state index in [-0.39, 0.29) is 4.90 Å². The van der Waals surface area contributed by atoms with Crippen molar-refractivity contribution < 1.29 is 17.4 Å². The van der Waals surface area contributed by atoms with E-state index >= 15 is 0 Å². The molecule has 3 aromatic rings. The summed E-state index contributed by atoms with van der Waals surface area (Å²) in [4.78, 5) is 0.0612. The van der Waals surface area contributed by atoms with Crippen LogP contribution in [-0.2, 0) is 14.4 Å². The zero-order valence-corrected chi connectivity index (χ0v) is 17.0. The van der Waals surface area contributed by atoms with Gasteiger partial charge < -0.3 is 4.74 Å². The van der Waals surface area contributed by atoms with Crippen molar-refractivity contribution in [1.82, 2.24) is 0 Å². The zero-order chi connectivity index (χ0) is 19.2. The van der Waals surface area contributed by atoms with Gasteiger partial charge in [-0.1, -0.05) is 50.9 Å². The Kier molecular flexibility index (Phi) is 4.44. The molecule has 0 saturated carbocycles. The second kappa shape index (κ2) is 6.65. The van der Waals surface area contributed by atoms with Gasteiger partial charge in [-0.3, -0.25) is 4.28 Å². The Hall–Kier alpha value is -2.38. The van der Waals surface area contributed by atoms with E-state index in [0.29, 0.717) is 11.5 Å². The van der Waals surface area contributed by atoms with Crippen LogP contribution in [0.1, 0.15) is 18.1 Å². The van der Waals surface area contributed by atoms with Gasteiger partial charge in [0.25, 0.3) is 0 Å². The molecule has 138 valence electrons. The number of hydrogen-bond acceptors (Lipinski definition) is 5. The monoisotopic (exact) mass is 445 g/mol. The maximum absolute atomic E-state index is 12.5. The molecule has 1 atom stereocenters.